The second-order valence-electron chi connectivity index (χ2n) is 4.61. The summed E-state index contributed by atoms with van der Waals surface area (Å²) < 4.78 is 0. The predicted molar refractivity (Wildman–Crippen MR) is 79.2 cm³/mol. The first-order valence-corrected chi connectivity index (χ1v) is 6.54. The molecule has 5 heteroatoms. The Morgan fingerprint density at radius 2 is 1.89 bits per heavy atom. The van der Waals surface area contributed by atoms with Crippen molar-refractivity contribution >= 4 is 23.4 Å². The number of nitrogens with two attached hydrogens (primary N) is 1. The van der Waals surface area contributed by atoms with Crippen molar-refractivity contribution in [1.82, 2.24) is 9.97 Å². The highest BCUT2D eigenvalue weighted by molar-refractivity contribution is 6.29. The summed E-state index contributed by atoms with van der Waals surface area (Å²) in [5.41, 5.74) is 6.87. The lowest BCUT2D eigenvalue weighted by atomic mass is 10.2. The van der Waals surface area contributed by atoms with E-state index in [4.69, 9.17) is 17.3 Å². The summed E-state index contributed by atoms with van der Waals surface area (Å²) in [6.07, 6.45) is 0. The van der Waals surface area contributed by atoms with E-state index >= 15 is 0 Å². The van der Waals surface area contributed by atoms with Crippen LogP contribution >= 0.6 is 11.6 Å². The van der Waals surface area contributed by atoms with E-state index in [2.05, 4.69) is 40.8 Å². The van der Waals surface area contributed by atoms with Gasteiger partial charge >= 0.3 is 0 Å². The molecule has 2 aromatic rings. The van der Waals surface area contributed by atoms with Gasteiger partial charge in [0.15, 0.2) is 0 Å². The number of aromatic nitrogens is 2. The van der Waals surface area contributed by atoms with Crippen LogP contribution in [0, 0.1) is 0 Å². The van der Waals surface area contributed by atoms with Crippen LogP contribution in [0.4, 0.5) is 11.8 Å². The standard InChI is InChI=1S/C14H17ClN4/c1-10(2)19(9-11-6-4-3-5-7-11)13-8-12(15)17-14(16)18-13/h3-8,10H,9H2,1-2H3,(H2,16,17,18). The van der Waals surface area contributed by atoms with Crippen LogP contribution < -0.4 is 10.6 Å². The lowest BCUT2D eigenvalue weighted by Gasteiger charge is -2.28. The minimum Gasteiger partial charge on any atom is -0.368 e. The van der Waals surface area contributed by atoms with Gasteiger partial charge in [0, 0.05) is 18.7 Å². The number of hydrogen-bond donors (Lipinski definition) is 1. The molecule has 0 aliphatic heterocycles. The van der Waals surface area contributed by atoms with E-state index in [1.807, 2.05) is 18.2 Å². The molecule has 1 heterocycles. The van der Waals surface area contributed by atoms with Crippen LogP contribution in [0.2, 0.25) is 5.15 Å². The highest BCUT2D eigenvalue weighted by atomic mass is 35.5. The molecule has 1 aromatic heterocycles. The Morgan fingerprint density at radius 1 is 1.21 bits per heavy atom. The third-order valence-electron chi connectivity index (χ3n) is 2.81. The third-order valence-corrected chi connectivity index (χ3v) is 3.01. The molecule has 2 N–H and O–H groups in total. The van der Waals surface area contributed by atoms with Gasteiger partial charge < -0.3 is 10.6 Å². The Morgan fingerprint density at radius 3 is 2.47 bits per heavy atom. The Hall–Kier alpha value is -1.81. The molecule has 2 rings (SSSR count). The van der Waals surface area contributed by atoms with Crippen molar-refractivity contribution in [3.8, 4) is 0 Å². The molecule has 0 unspecified atom stereocenters. The van der Waals surface area contributed by atoms with Crippen LogP contribution in [-0.4, -0.2) is 16.0 Å². The number of nitrogens with zero attached hydrogens (tertiary/aromatic N) is 3. The normalized spacial score (nSPS) is 10.7. The molecule has 19 heavy (non-hydrogen) atoms. The first kappa shape index (κ1) is 13.6. The van der Waals surface area contributed by atoms with E-state index in [-0.39, 0.29) is 12.0 Å². The zero-order chi connectivity index (χ0) is 13.8. The Labute approximate surface area is 118 Å². The van der Waals surface area contributed by atoms with Gasteiger partial charge in [-0.15, -0.1) is 0 Å². The van der Waals surface area contributed by atoms with E-state index < -0.39 is 0 Å². The fourth-order valence-electron chi connectivity index (χ4n) is 1.88. The minimum absolute atomic E-state index is 0.196. The molecule has 4 nitrogen and oxygen atoms in total. The molecule has 0 aliphatic carbocycles. The van der Waals surface area contributed by atoms with Gasteiger partial charge in [0.2, 0.25) is 5.95 Å². The van der Waals surface area contributed by atoms with E-state index in [0.29, 0.717) is 5.15 Å². The average Bonchev–Trinajstić information content (AvgIpc) is 2.35. The first-order valence-electron chi connectivity index (χ1n) is 6.17. The Kier molecular flexibility index (Phi) is 4.22. The summed E-state index contributed by atoms with van der Waals surface area (Å²) >= 11 is 5.94. The highest BCUT2D eigenvalue weighted by Gasteiger charge is 2.14. The molecule has 0 radical (unpaired) electrons. The number of anilines is 2. The van der Waals surface area contributed by atoms with Crippen LogP contribution in [0.15, 0.2) is 36.4 Å². The van der Waals surface area contributed by atoms with Crippen LogP contribution in [0.3, 0.4) is 0 Å². The van der Waals surface area contributed by atoms with Crippen molar-refractivity contribution in [2.45, 2.75) is 26.4 Å². The van der Waals surface area contributed by atoms with Gasteiger partial charge in [-0.1, -0.05) is 41.9 Å². The molecule has 0 bridgehead atoms. The molecule has 0 spiro atoms. The molecule has 100 valence electrons. The fraction of sp³-hybridized carbons (Fsp3) is 0.286. The number of rotatable bonds is 4. The topological polar surface area (TPSA) is 55.0 Å². The smallest absolute Gasteiger partial charge is 0.223 e. The van der Waals surface area contributed by atoms with Gasteiger partial charge in [-0.25, -0.2) is 4.98 Å². The van der Waals surface area contributed by atoms with Gasteiger partial charge in [-0.05, 0) is 19.4 Å². The van der Waals surface area contributed by atoms with E-state index in [0.717, 1.165) is 12.4 Å². The Bertz CT molecular complexity index is 522. The van der Waals surface area contributed by atoms with Crippen molar-refractivity contribution in [3.05, 3.63) is 47.1 Å². The van der Waals surface area contributed by atoms with E-state index in [9.17, 15) is 0 Å². The maximum Gasteiger partial charge on any atom is 0.223 e. The summed E-state index contributed by atoms with van der Waals surface area (Å²) in [5, 5.41) is 0.362. The summed E-state index contributed by atoms with van der Waals surface area (Å²) in [4.78, 5) is 10.3. The molecular formula is C14H17ClN4. The molecule has 1 aromatic carbocycles. The SMILES string of the molecule is CC(C)N(Cc1ccccc1)c1cc(Cl)nc(N)n1. The molecule has 0 aliphatic rings. The zero-order valence-corrected chi connectivity index (χ0v) is 11.8. The molecule has 0 saturated carbocycles. The van der Waals surface area contributed by atoms with Crippen molar-refractivity contribution in [1.29, 1.82) is 0 Å². The van der Waals surface area contributed by atoms with Gasteiger partial charge in [0.25, 0.3) is 0 Å². The van der Waals surface area contributed by atoms with Crippen molar-refractivity contribution < 1.29 is 0 Å². The van der Waals surface area contributed by atoms with E-state index in [1.54, 1.807) is 6.07 Å². The van der Waals surface area contributed by atoms with E-state index in [1.165, 1.54) is 5.56 Å². The average molecular weight is 277 g/mol. The maximum absolute atomic E-state index is 5.94. The minimum atomic E-state index is 0.196. The second-order valence-corrected chi connectivity index (χ2v) is 5.00. The summed E-state index contributed by atoms with van der Waals surface area (Å²) in [5.74, 6) is 0.942. The largest absolute Gasteiger partial charge is 0.368 e. The number of hydrogen-bond acceptors (Lipinski definition) is 4. The maximum atomic E-state index is 5.94. The van der Waals surface area contributed by atoms with Gasteiger partial charge in [0.05, 0.1) is 0 Å². The van der Waals surface area contributed by atoms with Gasteiger partial charge in [-0.3, -0.25) is 0 Å². The number of benzene rings is 1. The molecule has 0 atom stereocenters. The molecule has 0 amide bonds. The van der Waals surface area contributed by atoms with Crippen LogP contribution in [0.5, 0.6) is 0 Å². The zero-order valence-electron chi connectivity index (χ0n) is 11.0. The number of halogens is 1. The monoisotopic (exact) mass is 276 g/mol. The van der Waals surface area contributed by atoms with Crippen molar-refractivity contribution in [2.24, 2.45) is 0 Å². The quantitative estimate of drug-likeness (QED) is 0.872. The van der Waals surface area contributed by atoms with Crippen molar-refractivity contribution in [3.63, 3.8) is 0 Å². The molecule has 0 saturated heterocycles. The number of nitrogen functional groups attached to an aromatic ring is 1. The lowest BCUT2D eigenvalue weighted by molar-refractivity contribution is 0.672. The van der Waals surface area contributed by atoms with Gasteiger partial charge in [-0.2, -0.15) is 4.98 Å². The summed E-state index contributed by atoms with van der Waals surface area (Å²) in [7, 11) is 0. The highest BCUT2D eigenvalue weighted by Crippen LogP contribution is 2.21. The predicted octanol–water partition coefficient (Wildman–Crippen LogP) is 3.13. The molecule has 0 fully saturated rings. The van der Waals surface area contributed by atoms with Crippen LogP contribution in [0.25, 0.3) is 0 Å². The van der Waals surface area contributed by atoms with Crippen LogP contribution in [0.1, 0.15) is 19.4 Å². The third kappa shape index (κ3) is 3.58. The van der Waals surface area contributed by atoms with Gasteiger partial charge in [0.1, 0.15) is 11.0 Å². The summed E-state index contributed by atoms with van der Waals surface area (Å²) in [6, 6.07) is 12.2. The van der Waals surface area contributed by atoms with Crippen molar-refractivity contribution in [2.75, 3.05) is 10.6 Å². The Balaban J connectivity index is 2.30. The second kappa shape index (κ2) is 5.89. The lowest BCUT2D eigenvalue weighted by Crippen LogP contribution is -2.31. The molecular weight excluding hydrogens is 260 g/mol. The fourth-order valence-corrected chi connectivity index (χ4v) is 2.06. The summed E-state index contributed by atoms with van der Waals surface area (Å²) in [6.45, 7) is 4.97. The first-order chi connectivity index (χ1) is 9.06. The van der Waals surface area contributed by atoms with Crippen LogP contribution in [-0.2, 0) is 6.54 Å².